The quantitative estimate of drug-likeness (QED) is 0.448. The summed E-state index contributed by atoms with van der Waals surface area (Å²) in [5, 5.41) is 17.7. The van der Waals surface area contributed by atoms with Gasteiger partial charge in [0.05, 0.1) is 21.1 Å². The van der Waals surface area contributed by atoms with E-state index in [0.29, 0.717) is 11.0 Å². The van der Waals surface area contributed by atoms with Crippen LogP contribution >= 0.6 is 0 Å². The van der Waals surface area contributed by atoms with Crippen LogP contribution in [0, 0.1) is 11.3 Å². The lowest BCUT2D eigenvalue weighted by atomic mass is 10.1. The van der Waals surface area contributed by atoms with Crippen molar-refractivity contribution in [1.82, 2.24) is 0 Å². The van der Waals surface area contributed by atoms with E-state index in [1.165, 1.54) is 6.92 Å². The SMILES string of the molecule is CC(O)(C#N)C[N+](C)(C)C.[OH-]. The lowest BCUT2D eigenvalue weighted by molar-refractivity contribution is -0.875. The Morgan fingerprint density at radius 3 is 1.91 bits per heavy atom. The predicted octanol–water partition coefficient (Wildman–Crippen LogP) is -0.210. The fourth-order valence-electron chi connectivity index (χ4n) is 0.959. The second kappa shape index (κ2) is 3.67. The van der Waals surface area contributed by atoms with E-state index in [1.54, 1.807) is 0 Å². The highest BCUT2D eigenvalue weighted by Gasteiger charge is 2.27. The lowest BCUT2D eigenvalue weighted by Gasteiger charge is -2.28. The molecule has 0 spiro atoms. The van der Waals surface area contributed by atoms with Crippen molar-refractivity contribution in [3.63, 3.8) is 0 Å². The molecule has 4 heteroatoms. The van der Waals surface area contributed by atoms with Crippen LogP contribution in [0.15, 0.2) is 0 Å². The molecule has 0 aromatic rings. The molecule has 0 rings (SSSR count). The van der Waals surface area contributed by atoms with Crippen molar-refractivity contribution >= 4 is 0 Å². The Morgan fingerprint density at radius 2 is 1.82 bits per heavy atom. The highest BCUT2D eigenvalue weighted by Crippen LogP contribution is 2.05. The zero-order valence-corrected chi connectivity index (χ0v) is 7.50. The first-order valence-corrected chi connectivity index (χ1v) is 3.21. The van der Waals surface area contributed by atoms with E-state index in [1.807, 2.05) is 27.2 Å². The van der Waals surface area contributed by atoms with Gasteiger partial charge >= 0.3 is 0 Å². The van der Waals surface area contributed by atoms with E-state index < -0.39 is 5.60 Å². The summed E-state index contributed by atoms with van der Waals surface area (Å²) in [4.78, 5) is 0. The number of quaternary nitrogens is 1. The van der Waals surface area contributed by atoms with E-state index in [9.17, 15) is 5.11 Å². The average molecular weight is 160 g/mol. The first-order valence-electron chi connectivity index (χ1n) is 3.21. The minimum atomic E-state index is -1.20. The van der Waals surface area contributed by atoms with Gasteiger partial charge in [-0.05, 0) is 6.92 Å². The van der Waals surface area contributed by atoms with Crippen LogP contribution in [-0.2, 0) is 0 Å². The number of likely N-dealkylation sites (N-methyl/N-ethyl adjacent to an activating group) is 1. The molecular formula is C7H16N2O2. The average Bonchev–Trinajstić information content (AvgIpc) is 1.60. The molecule has 1 unspecified atom stereocenters. The number of rotatable bonds is 2. The highest BCUT2D eigenvalue weighted by molar-refractivity contribution is 4.95. The van der Waals surface area contributed by atoms with Gasteiger partial charge in [-0.15, -0.1) is 0 Å². The Kier molecular flexibility index (Phi) is 4.34. The number of hydrogen-bond donors (Lipinski definition) is 1. The molecule has 0 aliphatic rings. The fraction of sp³-hybridized carbons (Fsp3) is 0.857. The fourth-order valence-corrected chi connectivity index (χ4v) is 0.959. The number of aliphatic hydroxyl groups is 1. The van der Waals surface area contributed by atoms with E-state index in [2.05, 4.69) is 0 Å². The zero-order valence-electron chi connectivity index (χ0n) is 7.50. The van der Waals surface area contributed by atoms with Crippen molar-refractivity contribution in [2.75, 3.05) is 27.7 Å². The van der Waals surface area contributed by atoms with Crippen molar-refractivity contribution < 1.29 is 15.1 Å². The summed E-state index contributed by atoms with van der Waals surface area (Å²) in [6.07, 6.45) is 0. The predicted molar refractivity (Wildman–Crippen MR) is 41.1 cm³/mol. The molecule has 4 nitrogen and oxygen atoms in total. The minimum Gasteiger partial charge on any atom is -0.870 e. The monoisotopic (exact) mass is 160 g/mol. The summed E-state index contributed by atoms with van der Waals surface area (Å²) in [5.41, 5.74) is -1.20. The summed E-state index contributed by atoms with van der Waals surface area (Å²) in [5.74, 6) is 0. The van der Waals surface area contributed by atoms with Crippen LogP contribution < -0.4 is 0 Å². The Balaban J connectivity index is 0. The largest absolute Gasteiger partial charge is 0.870 e. The molecule has 0 aliphatic carbocycles. The van der Waals surface area contributed by atoms with Crippen LogP contribution in [0.3, 0.4) is 0 Å². The smallest absolute Gasteiger partial charge is 0.197 e. The van der Waals surface area contributed by atoms with Gasteiger partial charge in [-0.3, -0.25) is 0 Å². The highest BCUT2D eigenvalue weighted by atomic mass is 16.3. The molecule has 0 aromatic carbocycles. The molecule has 0 saturated carbocycles. The molecule has 0 radical (unpaired) electrons. The first kappa shape index (κ1) is 13.0. The summed E-state index contributed by atoms with van der Waals surface area (Å²) < 4.78 is 0.598. The van der Waals surface area contributed by atoms with Crippen LogP contribution in [0.4, 0.5) is 0 Å². The van der Waals surface area contributed by atoms with Gasteiger partial charge in [0.1, 0.15) is 12.6 Å². The normalized spacial score (nSPS) is 16.0. The third-order valence-electron chi connectivity index (χ3n) is 1.02. The molecule has 0 amide bonds. The van der Waals surface area contributed by atoms with Crippen LogP contribution in [0.2, 0.25) is 0 Å². The van der Waals surface area contributed by atoms with Gasteiger partial charge in [0, 0.05) is 0 Å². The molecule has 2 N–H and O–H groups in total. The van der Waals surface area contributed by atoms with Gasteiger partial charge in [-0.2, -0.15) is 5.26 Å². The van der Waals surface area contributed by atoms with Gasteiger partial charge in [0.15, 0.2) is 5.60 Å². The van der Waals surface area contributed by atoms with Crippen molar-refractivity contribution in [2.45, 2.75) is 12.5 Å². The van der Waals surface area contributed by atoms with Gasteiger partial charge in [-0.25, -0.2) is 0 Å². The second-order valence-corrected chi connectivity index (χ2v) is 3.83. The number of nitriles is 1. The van der Waals surface area contributed by atoms with E-state index in [4.69, 9.17) is 5.26 Å². The van der Waals surface area contributed by atoms with E-state index in [-0.39, 0.29) is 5.48 Å². The number of hydrogen-bond acceptors (Lipinski definition) is 3. The maximum absolute atomic E-state index is 9.28. The lowest BCUT2D eigenvalue weighted by Crippen LogP contribution is -2.46. The van der Waals surface area contributed by atoms with Crippen LogP contribution in [0.25, 0.3) is 0 Å². The summed E-state index contributed by atoms with van der Waals surface area (Å²) in [6, 6.07) is 1.84. The third kappa shape index (κ3) is 7.26. The maximum Gasteiger partial charge on any atom is 0.197 e. The topological polar surface area (TPSA) is 74.0 Å². The first-order chi connectivity index (χ1) is 4.27. The summed E-state index contributed by atoms with van der Waals surface area (Å²) >= 11 is 0. The van der Waals surface area contributed by atoms with Crippen molar-refractivity contribution in [3.05, 3.63) is 0 Å². The summed E-state index contributed by atoms with van der Waals surface area (Å²) in [7, 11) is 5.81. The second-order valence-electron chi connectivity index (χ2n) is 3.83. The van der Waals surface area contributed by atoms with Gasteiger partial charge < -0.3 is 15.1 Å². The molecule has 1 atom stereocenters. The van der Waals surface area contributed by atoms with Crippen molar-refractivity contribution in [3.8, 4) is 6.07 Å². The summed E-state index contributed by atoms with van der Waals surface area (Å²) in [6.45, 7) is 1.97. The van der Waals surface area contributed by atoms with Crippen LogP contribution in [0.5, 0.6) is 0 Å². The minimum absolute atomic E-state index is 0. The molecule has 0 aromatic heterocycles. The molecule has 11 heavy (non-hydrogen) atoms. The maximum atomic E-state index is 9.28. The Labute approximate surface area is 67.6 Å². The van der Waals surface area contributed by atoms with Crippen LogP contribution in [0.1, 0.15) is 6.92 Å². The van der Waals surface area contributed by atoms with E-state index >= 15 is 0 Å². The Hall–Kier alpha value is -0.630. The zero-order chi connectivity index (χ0) is 8.41. The molecule has 0 aliphatic heterocycles. The van der Waals surface area contributed by atoms with Gasteiger partial charge in [0.2, 0.25) is 0 Å². The molecule has 0 saturated heterocycles. The number of nitrogens with zero attached hydrogens (tertiary/aromatic N) is 2. The van der Waals surface area contributed by atoms with Crippen molar-refractivity contribution in [2.24, 2.45) is 0 Å². The Bertz CT molecular complexity index is 153. The molecule has 0 heterocycles. The standard InChI is InChI=1S/C7H15N2O.H2O/c1-7(10,5-8)6-9(2,3)4;/h10H,6H2,1-4H3;1H2/q+1;/p-1. The van der Waals surface area contributed by atoms with Gasteiger partial charge in [-0.1, -0.05) is 0 Å². The van der Waals surface area contributed by atoms with E-state index in [0.717, 1.165) is 0 Å². The third-order valence-corrected chi connectivity index (χ3v) is 1.02. The molecule has 0 fully saturated rings. The molecular weight excluding hydrogens is 144 g/mol. The van der Waals surface area contributed by atoms with Crippen LogP contribution in [-0.4, -0.2) is 48.4 Å². The molecule has 66 valence electrons. The Morgan fingerprint density at radius 1 is 1.45 bits per heavy atom. The van der Waals surface area contributed by atoms with Crippen molar-refractivity contribution in [1.29, 1.82) is 5.26 Å². The molecule has 0 bridgehead atoms. The van der Waals surface area contributed by atoms with Gasteiger partial charge in [0.25, 0.3) is 0 Å².